The van der Waals surface area contributed by atoms with Crippen LogP contribution in [0.5, 0.6) is 5.75 Å². The van der Waals surface area contributed by atoms with Gasteiger partial charge in [-0.2, -0.15) is 0 Å². The second kappa shape index (κ2) is 15.0. The minimum absolute atomic E-state index is 0.0363. The molecule has 0 saturated heterocycles. The number of carboxylic acid groups (broad SMARTS) is 1. The van der Waals surface area contributed by atoms with Crippen molar-refractivity contribution < 1.29 is 19.4 Å². The Kier molecular flexibility index (Phi) is 11.1. The molecule has 38 heavy (non-hydrogen) atoms. The van der Waals surface area contributed by atoms with Gasteiger partial charge < -0.3 is 19.7 Å². The first-order valence-corrected chi connectivity index (χ1v) is 12.8. The second-order valence-corrected chi connectivity index (χ2v) is 8.78. The first kappa shape index (κ1) is 28.2. The summed E-state index contributed by atoms with van der Waals surface area (Å²) in [5.41, 5.74) is 3.90. The lowest BCUT2D eigenvalue weighted by Crippen LogP contribution is -2.28. The second-order valence-electron chi connectivity index (χ2n) is 8.78. The number of hydrogen-bond acceptors (Lipinski definition) is 4. The van der Waals surface area contributed by atoms with Gasteiger partial charge in [0.15, 0.2) is 0 Å². The topological polar surface area (TPSA) is 93.5 Å². The van der Waals surface area contributed by atoms with E-state index in [0.717, 1.165) is 41.0 Å². The molecule has 3 rings (SSSR count). The Hall–Kier alpha value is -4.39. The lowest BCUT2D eigenvalue weighted by molar-refractivity contribution is -0.137. The van der Waals surface area contributed by atoms with E-state index < -0.39 is 5.97 Å². The smallest absolute Gasteiger partial charge is 0.303 e. The van der Waals surface area contributed by atoms with Crippen molar-refractivity contribution in [1.82, 2.24) is 14.9 Å². The standard InChI is InChI=1S/C31H35N3O4/c1-3-5-8-27-22-34(23-30(35)32-20-6-4-2)29(33-27)19-12-24-10-13-25(14-11-24)26-15-17-28(18-16-26)38-21-7-9-31(36)37/h3,5,8,10-19,22H,1,4,6-7,9,20-21,23H2,2H3,(H,32,35)(H,36,37)/b8-5+,19-12+. The van der Waals surface area contributed by atoms with E-state index in [-0.39, 0.29) is 18.9 Å². The summed E-state index contributed by atoms with van der Waals surface area (Å²) in [5.74, 6) is 0.562. The number of benzene rings is 2. The monoisotopic (exact) mass is 513 g/mol. The number of hydrogen-bond donors (Lipinski definition) is 2. The quantitative estimate of drug-likeness (QED) is 0.190. The van der Waals surface area contributed by atoms with Gasteiger partial charge in [-0.15, -0.1) is 0 Å². The first-order valence-electron chi connectivity index (χ1n) is 12.8. The Labute approximate surface area is 224 Å². The number of nitrogens with one attached hydrogen (secondary N) is 1. The number of amides is 1. The number of carbonyl (C=O) groups is 2. The van der Waals surface area contributed by atoms with Crippen LogP contribution in [-0.2, 0) is 16.1 Å². The van der Waals surface area contributed by atoms with Gasteiger partial charge in [-0.25, -0.2) is 4.98 Å². The number of aromatic nitrogens is 2. The van der Waals surface area contributed by atoms with Crippen molar-refractivity contribution in [3.8, 4) is 16.9 Å². The molecule has 1 aromatic heterocycles. The van der Waals surface area contributed by atoms with Crippen molar-refractivity contribution in [3.05, 3.63) is 90.5 Å². The van der Waals surface area contributed by atoms with Crippen LogP contribution in [0.2, 0.25) is 0 Å². The third-order valence-electron chi connectivity index (χ3n) is 5.72. The summed E-state index contributed by atoms with van der Waals surface area (Å²) >= 11 is 0. The van der Waals surface area contributed by atoms with Gasteiger partial charge in [0.05, 0.1) is 12.3 Å². The molecule has 0 radical (unpaired) electrons. The van der Waals surface area contributed by atoms with Crippen molar-refractivity contribution in [1.29, 1.82) is 0 Å². The maximum absolute atomic E-state index is 12.4. The molecule has 7 heteroatoms. The summed E-state index contributed by atoms with van der Waals surface area (Å²) in [7, 11) is 0. The van der Waals surface area contributed by atoms with Gasteiger partial charge in [-0.05, 0) is 53.8 Å². The molecular weight excluding hydrogens is 478 g/mol. The van der Waals surface area contributed by atoms with Crippen LogP contribution in [-0.4, -0.2) is 39.7 Å². The maximum Gasteiger partial charge on any atom is 0.303 e. The van der Waals surface area contributed by atoms with E-state index in [0.29, 0.717) is 25.4 Å². The van der Waals surface area contributed by atoms with Crippen molar-refractivity contribution in [2.45, 2.75) is 39.2 Å². The zero-order valence-corrected chi connectivity index (χ0v) is 21.8. The number of carbonyl (C=O) groups excluding carboxylic acids is 1. The number of ether oxygens (including phenoxy) is 1. The van der Waals surface area contributed by atoms with Crippen LogP contribution in [0.1, 0.15) is 49.7 Å². The van der Waals surface area contributed by atoms with Crippen LogP contribution in [0.3, 0.4) is 0 Å². The normalized spacial score (nSPS) is 11.2. The SMILES string of the molecule is C=C/C=C/c1cn(CC(=O)NCCCC)c(/C=C/c2ccc(-c3ccc(OCCCC(=O)O)cc3)cc2)n1. The van der Waals surface area contributed by atoms with E-state index in [1.54, 1.807) is 6.08 Å². The van der Waals surface area contributed by atoms with E-state index in [1.165, 1.54) is 0 Å². The fraction of sp³-hybridized carbons (Fsp3) is 0.258. The first-order chi connectivity index (χ1) is 18.5. The average Bonchev–Trinajstić information content (AvgIpc) is 3.30. The lowest BCUT2D eigenvalue weighted by Gasteiger charge is -2.07. The number of nitrogens with zero attached hydrogens (tertiary/aromatic N) is 2. The van der Waals surface area contributed by atoms with Crippen molar-refractivity contribution in [3.63, 3.8) is 0 Å². The maximum atomic E-state index is 12.4. The Morgan fingerprint density at radius 3 is 2.39 bits per heavy atom. The fourth-order valence-electron chi connectivity index (χ4n) is 3.69. The fourth-order valence-corrected chi connectivity index (χ4v) is 3.69. The van der Waals surface area contributed by atoms with Crippen molar-refractivity contribution in [2.75, 3.05) is 13.2 Å². The Bertz CT molecular complexity index is 1260. The van der Waals surface area contributed by atoms with Gasteiger partial charge >= 0.3 is 5.97 Å². The molecule has 0 aliphatic rings. The molecule has 1 amide bonds. The van der Waals surface area contributed by atoms with Crippen LogP contribution < -0.4 is 10.1 Å². The van der Waals surface area contributed by atoms with Gasteiger partial charge in [-0.3, -0.25) is 9.59 Å². The van der Waals surface area contributed by atoms with Gasteiger partial charge in [-0.1, -0.05) is 74.5 Å². The summed E-state index contributed by atoms with van der Waals surface area (Å²) in [6, 6.07) is 15.9. The zero-order chi connectivity index (χ0) is 27.2. The predicted molar refractivity (Wildman–Crippen MR) is 153 cm³/mol. The molecule has 0 bridgehead atoms. The summed E-state index contributed by atoms with van der Waals surface area (Å²) in [5, 5.41) is 11.7. The van der Waals surface area contributed by atoms with Crippen molar-refractivity contribution >= 4 is 30.1 Å². The van der Waals surface area contributed by atoms with Crippen LogP contribution in [0, 0.1) is 0 Å². The highest BCUT2D eigenvalue weighted by Gasteiger charge is 2.08. The third kappa shape index (κ3) is 9.24. The van der Waals surface area contributed by atoms with Crippen LogP contribution in [0.25, 0.3) is 29.4 Å². The average molecular weight is 514 g/mol. The van der Waals surface area contributed by atoms with Crippen LogP contribution in [0.15, 0.2) is 73.5 Å². The molecule has 0 aliphatic heterocycles. The molecule has 2 aromatic carbocycles. The van der Waals surface area contributed by atoms with Gasteiger partial charge in [0.1, 0.15) is 18.1 Å². The highest BCUT2D eigenvalue weighted by Crippen LogP contribution is 2.23. The van der Waals surface area contributed by atoms with Gasteiger partial charge in [0.2, 0.25) is 5.91 Å². The number of unbranched alkanes of at least 4 members (excludes halogenated alkanes) is 1. The highest BCUT2D eigenvalue weighted by molar-refractivity contribution is 5.77. The molecule has 0 atom stereocenters. The van der Waals surface area contributed by atoms with Crippen LogP contribution >= 0.6 is 0 Å². The largest absolute Gasteiger partial charge is 0.494 e. The van der Waals surface area contributed by atoms with E-state index in [1.807, 2.05) is 83.6 Å². The predicted octanol–water partition coefficient (Wildman–Crippen LogP) is 6.08. The molecule has 198 valence electrons. The number of carboxylic acids is 1. The van der Waals surface area contributed by atoms with Crippen molar-refractivity contribution in [2.24, 2.45) is 0 Å². The molecule has 3 aromatic rings. The molecule has 0 spiro atoms. The third-order valence-corrected chi connectivity index (χ3v) is 5.72. The summed E-state index contributed by atoms with van der Waals surface area (Å²) in [6.07, 6.45) is 13.7. The van der Waals surface area contributed by atoms with E-state index >= 15 is 0 Å². The molecule has 0 unspecified atom stereocenters. The van der Waals surface area contributed by atoms with Gasteiger partial charge in [0, 0.05) is 19.2 Å². The number of allylic oxidation sites excluding steroid dienone is 2. The number of rotatable bonds is 15. The number of imidazole rings is 1. The highest BCUT2D eigenvalue weighted by atomic mass is 16.5. The Morgan fingerprint density at radius 2 is 1.74 bits per heavy atom. The number of aliphatic carboxylic acids is 1. The molecule has 1 heterocycles. The molecule has 0 saturated carbocycles. The molecule has 0 fully saturated rings. The molecule has 2 N–H and O–H groups in total. The summed E-state index contributed by atoms with van der Waals surface area (Å²) < 4.78 is 7.45. The Balaban J connectivity index is 1.65. The lowest BCUT2D eigenvalue weighted by atomic mass is 10.0. The minimum Gasteiger partial charge on any atom is -0.494 e. The van der Waals surface area contributed by atoms with Crippen LogP contribution in [0.4, 0.5) is 0 Å². The van der Waals surface area contributed by atoms with E-state index in [2.05, 4.69) is 23.8 Å². The van der Waals surface area contributed by atoms with E-state index in [4.69, 9.17) is 9.84 Å². The summed E-state index contributed by atoms with van der Waals surface area (Å²) in [4.78, 5) is 27.6. The molecule has 7 nitrogen and oxygen atoms in total. The zero-order valence-electron chi connectivity index (χ0n) is 21.8. The van der Waals surface area contributed by atoms with Gasteiger partial charge in [0.25, 0.3) is 0 Å². The summed E-state index contributed by atoms with van der Waals surface area (Å²) in [6.45, 7) is 7.05. The minimum atomic E-state index is -0.817. The molecule has 0 aliphatic carbocycles. The van der Waals surface area contributed by atoms with E-state index in [9.17, 15) is 9.59 Å². The molecular formula is C31H35N3O4. The Morgan fingerprint density at radius 1 is 1.03 bits per heavy atom.